The number of fused-ring (bicyclic) bond motifs is 1. The molecule has 0 spiro atoms. The van der Waals surface area contributed by atoms with E-state index in [9.17, 15) is 0 Å². The summed E-state index contributed by atoms with van der Waals surface area (Å²) in [7, 11) is 0. The second-order valence-corrected chi connectivity index (χ2v) is 6.11. The second-order valence-electron chi connectivity index (χ2n) is 4.16. The highest BCUT2D eigenvalue weighted by atomic mass is 79.9. The summed E-state index contributed by atoms with van der Waals surface area (Å²) in [4.78, 5) is 4.59. The summed E-state index contributed by atoms with van der Waals surface area (Å²) < 4.78 is 7.67. The minimum Gasteiger partial charge on any atom is -0.381 e. The minimum atomic E-state index is 0.507. The van der Waals surface area contributed by atoms with Crippen molar-refractivity contribution < 1.29 is 4.74 Å². The highest BCUT2D eigenvalue weighted by Gasteiger charge is 2.15. The molecule has 90 valence electrons. The van der Waals surface area contributed by atoms with Crippen LogP contribution in [0.4, 0.5) is 5.13 Å². The smallest absolute Gasteiger partial charge is 0.184 e. The second kappa shape index (κ2) is 4.92. The number of nitrogens with one attached hydrogen (secondary N) is 1. The molecule has 1 aromatic carbocycles. The van der Waals surface area contributed by atoms with Crippen LogP contribution in [0.2, 0.25) is 0 Å². The van der Waals surface area contributed by atoms with E-state index in [-0.39, 0.29) is 0 Å². The number of hydrogen-bond donors (Lipinski definition) is 1. The SMILES string of the molecule is Brc1ccc2nc(NC3CCOCC3)sc2c1. The van der Waals surface area contributed by atoms with Crippen molar-refractivity contribution in [1.29, 1.82) is 0 Å². The fraction of sp³-hybridized carbons (Fsp3) is 0.417. The molecule has 1 N–H and O–H groups in total. The van der Waals surface area contributed by atoms with Gasteiger partial charge in [-0.1, -0.05) is 27.3 Å². The van der Waals surface area contributed by atoms with Crippen molar-refractivity contribution in [2.75, 3.05) is 18.5 Å². The van der Waals surface area contributed by atoms with Crippen LogP contribution < -0.4 is 5.32 Å². The highest BCUT2D eigenvalue weighted by Crippen LogP contribution is 2.29. The van der Waals surface area contributed by atoms with E-state index in [1.165, 1.54) is 4.70 Å². The lowest BCUT2D eigenvalue weighted by molar-refractivity contribution is 0.0904. The van der Waals surface area contributed by atoms with Crippen LogP contribution in [0.15, 0.2) is 22.7 Å². The summed E-state index contributed by atoms with van der Waals surface area (Å²) in [5, 5.41) is 4.52. The van der Waals surface area contributed by atoms with Gasteiger partial charge >= 0.3 is 0 Å². The van der Waals surface area contributed by atoms with E-state index in [0.717, 1.165) is 41.2 Å². The number of ether oxygens (including phenoxy) is 1. The van der Waals surface area contributed by atoms with Gasteiger partial charge in [0.05, 0.1) is 10.2 Å². The summed E-state index contributed by atoms with van der Waals surface area (Å²) in [6.45, 7) is 1.71. The van der Waals surface area contributed by atoms with Crippen LogP contribution >= 0.6 is 27.3 Å². The molecule has 1 fully saturated rings. The zero-order valence-electron chi connectivity index (χ0n) is 9.28. The van der Waals surface area contributed by atoms with E-state index in [4.69, 9.17) is 4.74 Å². The van der Waals surface area contributed by atoms with Crippen molar-refractivity contribution in [3.63, 3.8) is 0 Å². The fourth-order valence-corrected chi connectivity index (χ4v) is 3.47. The molecule has 3 rings (SSSR count). The molecule has 1 aromatic heterocycles. The van der Waals surface area contributed by atoms with Gasteiger partial charge in [-0.3, -0.25) is 0 Å². The van der Waals surface area contributed by atoms with Gasteiger partial charge < -0.3 is 10.1 Å². The molecule has 0 radical (unpaired) electrons. The molecule has 2 aromatic rings. The average Bonchev–Trinajstić information content (AvgIpc) is 2.71. The van der Waals surface area contributed by atoms with Gasteiger partial charge in [0.15, 0.2) is 5.13 Å². The predicted molar refractivity (Wildman–Crippen MR) is 74.8 cm³/mol. The Labute approximate surface area is 112 Å². The summed E-state index contributed by atoms with van der Waals surface area (Å²) in [5.74, 6) is 0. The van der Waals surface area contributed by atoms with Gasteiger partial charge in [-0.05, 0) is 31.0 Å². The molecule has 1 saturated heterocycles. The minimum absolute atomic E-state index is 0.507. The Kier molecular flexibility index (Phi) is 3.31. The Balaban J connectivity index is 1.80. The Morgan fingerprint density at radius 2 is 2.18 bits per heavy atom. The quantitative estimate of drug-likeness (QED) is 0.919. The van der Waals surface area contributed by atoms with Crippen molar-refractivity contribution in [2.45, 2.75) is 18.9 Å². The lowest BCUT2D eigenvalue weighted by Crippen LogP contribution is -2.27. The topological polar surface area (TPSA) is 34.2 Å². The Morgan fingerprint density at radius 3 is 3.00 bits per heavy atom. The monoisotopic (exact) mass is 312 g/mol. The van der Waals surface area contributed by atoms with E-state index in [0.29, 0.717) is 6.04 Å². The van der Waals surface area contributed by atoms with E-state index in [1.54, 1.807) is 11.3 Å². The zero-order chi connectivity index (χ0) is 11.7. The molecule has 0 saturated carbocycles. The summed E-state index contributed by atoms with van der Waals surface area (Å²) in [6.07, 6.45) is 2.14. The summed E-state index contributed by atoms with van der Waals surface area (Å²) in [5.41, 5.74) is 1.06. The van der Waals surface area contributed by atoms with Gasteiger partial charge in [-0.25, -0.2) is 4.98 Å². The maximum Gasteiger partial charge on any atom is 0.184 e. The van der Waals surface area contributed by atoms with E-state index >= 15 is 0 Å². The first kappa shape index (κ1) is 11.4. The van der Waals surface area contributed by atoms with E-state index in [1.807, 2.05) is 12.1 Å². The molecule has 5 heteroatoms. The third kappa shape index (κ3) is 2.61. The molecule has 0 unspecified atom stereocenters. The largest absolute Gasteiger partial charge is 0.381 e. The van der Waals surface area contributed by atoms with Crippen molar-refractivity contribution in [3.05, 3.63) is 22.7 Å². The van der Waals surface area contributed by atoms with E-state index < -0.39 is 0 Å². The first-order chi connectivity index (χ1) is 8.31. The number of thiazole rings is 1. The van der Waals surface area contributed by atoms with Gasteiger partial charge in [0.2, 0.25) is 0 Å². The van der Waals surface area contributed by atoms with Crippen LogP contribution in [0.5, 0.6) is 0 Å². The maximum absolute atomic E-state index is 5.35. The Hall–Kier alpha value is -0.650. The van der Waals surface area contributed by atoms with Gasteiger partial charge in [-0.2, -0.15) is 0 Å². The maximum atomic E-state index is 5.35. The lowest BCUT2D eigenvalue weighted by atomic mass is 10.1. The number of nitrogens with zero attached hydrogens (tertiary/aromatic N) is 1. The predicted octanol–water partition coefficient (Wildman–Crippen LogP) is 3.65. The molecule has 0 amide bonds. The molecule has 17 heavy (non-hydrogen) atoms. The first-order valence-corrected chi connectivity index (χ1v) is 7.32. The van der Waals surface area contributed by atoms with Crippen LogP contribution in [0.1, 0.15) is 12.8 Å². The number of benzene rings is 1. The molecule has 0 aliphatic carbocycles. The summed E-state index contributed by atoms with van der Waals surface area (Å²) in [6, 6.07) is 6.70. The van der Waals surface area contributed by atoms with Crippen LogP contribution in [0.3, 0.4) is 0 Å². The van der Waals surface area contributed by atoms with Gasteiger partial charge in [-0.15, -0.1) is 0 Å². The normalized spacial score (nSPS) is 17.5. The molecule has 1 aliphatic heterocycles. The molecule has 0 bridgehead atoms. The number of hydrogen-bond acceptors (Lipinski definition) is 4. The molecular weight excluding hydrogens is 300 g/mol. The van der Waals surface area contributed by atoms with Gasteiger partial charge in [0.25, 0.3) is 0 Å². The molecule has 1 aliphatic rings. The molecule has 0 atom stereocenters. The van der Waals surface area contributed by atoms with Crippen LogP contribution in [0.25, 0.3) is 10.2 Å². The van der Waals surface area contributed by atoms with Gasteiger partial charge in [0.1, 0.15) is 0 Å². The molecular formula is C12H13BrN2OS. The number of aromatic nitrogens is 1. The number of halogens is 1. The first-order valence-electron chi connectivity index (χ1n) is 5.71. The van der Waals surface area contributed by atoms with Crippen molar-refractivity contribution in [1.82, 2.24) is 4.98 Å². The van der Waals surface area contributed by atoms with Crippen molar-refractivity contribution >= 4 is 42.6 Å². The summed E-state index contributed by atoms with van der Waals surface area (Å²) >= 11 is 5.19. The Bertz CT molecular complexity index is 522. The van der Waals surface area contributed by atoms with E-state index in [2.05, 4.69) is 32.3 Å². The van der Waals surface area contributed by atoms with Crippen molar-refractivity contribution in [3.8, 4) is 0 Å². The van der Waals surface area contributed by atoms with Crippen molar-refractivity contribution in [2.24, 2.45) is 0 Å². The zero-order valence-corrected chi connectivity index (χ0v) is 11.7. The third-order valence-electron chi connectivity index (χ3n) is 2.90. The fourth-order valence-electron chi connectivity index (χ4n) is 1.98. The van der Waals surface area contributed by atoms with Crippen LogP contribution in [-0.2, 0) is 4.74 Å². The third-order valence-corrected chi connectivity index (χ3v) is 4.34. The average molecular weight is 313 g/mol. The molecule has 2 heterocycles. The molecule has 3 nitrogen and oxygen atoms in total. The highest BCUT2D eigenvalue weighted by molar-refractivity contribution is 9.10. The standard InChI is InChI=1S/C12H13BrN2OS/c13-8-1-2-10-11(7-8)17-12(15-10)14-9-3-5-16-6-4-9/h1-2,7,9H,3-6H2,(H,14,15). The number of rotatable bonds is 2. The van der Waals surface area contributed by atoms with Crippen LogP contribution in [0, 0.1) is 0 Å². The lowest BCUT2D eigenvalue weighted by Gasteiger charge is -2.22. The number of anilines is 1. The Morgan fingerprint density at radius 1 is 1.35 bits per heavy atom. The van der Waals surface area contributed by atoms with Gasteiger partial charge in [0, 0.05) is 23.7 Å². The van der Waals surface area contributed by atoms with Crippen LogP contribution in [-0.4, -0.2) is 24.2 Å².